The van der Waals surface area contributed by atoms with Crippen molar-refractivity contribution in [3.05, 3.63) is 0 Å². The summed E-state index contributed by atoms with van der Waals surface area (Å²) in [6.45, 7) is 1.87. The summed E-state index contributed by atoms with van der Waals surface area (Å²) >= 11 is 0. The average Bonchev–Trinajstić information content (AvgIpc) is 3.03. The van der Waals surface area contributed by atoms with Gasteiger partial charge in [0.1, 0.15) is 0 Å². The Kier molecular flexibility index (Phi) is 6.22. The lowest BCUT2D eigenvalue weighted by Crippen LogP contribution is -2.37. The number of alkyl halides is 3. The SMILES string of the molecule is COCCNCCCN(CC(F)(F)F)C1CC1. The number of halogens is 3. The van der Waals surface area contributed by atoms with Crippen molar-refractivity contribution < 1.29 is 17.9 Å². The smallest absolute Gasteiger partial charge is 0.383 e. The summed E-state index contributed by atoms with van der Waals surface area (Å²) in [5.74, 6) is 0. The second-order valence-corrected chi connectivity index (χ2v) is 4.41. The van der Waals surface area contributed by atoms with Crippen molar-refractivity contribution in [1.29, 1.82) is 0 Å². The molecule has 1 aliphatic rings. The fourth-order valence-electron chi connectivity index (χ4n) is 1.77. The molecular formula is C11H21F3N2O. The van der Waals surface area contributed by atoms with Crippen LogP contribution >= 0.6 is 0 Å². The number of methoxy groups -OCH3 is 1. The molecule has 6 heteroatoms. The minimum atomic E-state index is -4.08. The average molecular weight is 254 g/mol. The first-order chi connectivity index (χ1) is 8.03. The molecule has 0 amide bonds. The molecule has 1 saturated carbocycles. The zero-order valence-electron chi connectivity index (χ0n) is 10.2. The van der Waals surface area contributed by atoms with Crippen LogP contribution in [0.1, 0.15) is 19.3 Å². The highest BCUT2D eigenvalue weighted by molar-refractivity contribution is 4.85. The van der Waals surface area contributed by atoms with Crippen LogP contribution in [0, 0.1) is 0 Å². The maximum Gasteiger partial charge on any atom is 0.401 e. The van der Waals surface area contributed by atoms with Crippen LogP contribution in [0.3, 0.4) is 0 Å². The van der Waals surface area contributed by atoms with Crippen LogP contribution < -0.4 is 5.32 Å². The molecule has 1 rings (SSSR count). The highest BCUT2D eigenvalue weighted by atomic mass is 19.4. The van der Waals surface area contributed by atoms with Crippen LogP contribution in [-0.4, -0.2) is 57.0 Å². The molecule has 0 radical (unpaired) electrons. The minimum absolute atomic E-state index is 0.163. The number of nitrogens with one attached hydrogen (secondary N) is 1. The molecule has 0 aromatic heterocycles. The van der Waals surface area contributed by atoms with Crippen molar-refractivity contribution in [3.63, 3.8) is 0 Å². The zero-order chi connectivity index (χ0) is 12.7. The summed E-state index contributed by atoms with van der Waals surface area (Å²) in [6, 6.07) is 0.163. The molecular weight excluding hydrogens is 233 g/mol. The van der Waals surface area contributed by atoms with Crippen molar-refractivity contribution in [2.24, 2.45) is 0 Å². The lowest BCUT2D eigenvalue weighted by atomic mass is 10.3. The minimum Gasteiger partial charge on any atom is -0.383 e. The van der Waals surface area contributed by atoms with Crippen LogP contribution in [0.25, 0.3) is 0 Å². The summed E-state index contributed by atoms with van der Waals surface area (Å²) in [7, 11) is 1.62. The summed E-state index contributed by atoms with van der Waals surface area (Å²) in [5.41, 5.74) is 0. The van der Waals surface area contributed by atoms with E-state index in [2.05, 4.69) is 5.32 Å². The molecule has 102 valence electrons. The van der Waals surface area contributed by atoms with Gasteiger partial charge in [0.05, 0.1) is 13.2 Å². The highest BCUT2D eigenvalue weighted by Gasteiger charge is 2.37. The summed E-state index contributed by atoms with van der Waals surface area (Å²) < 4.78 is 41.7. The second-order valence-electron chi connectivity index (χ2n) is 4.41. The highest BCUT2D eigenvalue weighted by Crippen LogP contribution is 2.29. The Morgan fingerprint density at radius 3 is 2.53 bits per heavy atom. The van der Waals surface area contributed by atoms with Gasteiger partial charge in [0.25, 0.3) is 0 Å². The predicted octanol–water partition coefficient (Wildman–Crippen LogP) is 1.64. The number of rotatable bonds is 9. The number of hydrogen-bond acceptors (Lipinski definition) is 3. The van der Waals surface area contributed by atoms with Gasteiger partial charge in [0.2, 0.25) is 0 Å². The van der Waals surface area contributed by atoms with Gasteiger partial charge in [0.15, 0.2) is 0 Å². The molecule has 0 heterocycles. The molecule has 17 heavy (non-hydrogen) atoms. The van der Waals surface area contributed by atoms with E-state index in [9.17, 15) is 13.2 Å². The van der Waals surface area contributed by atoms with Gasteiger partial charge >= 0.3 is 6.18 Å². The molecule has 0 aromatic carbocycles. The van der Waals surface area contributed by atoms with E-state index in [0.29, 0.717) is 13.2 Å². The molecule has 0 bridgehead atoms. The standard InChI is InChI=1S/C11H21F3N2O/c1-17-8-6-15-5-2-7-16(10-3-4-10)9-11(12,13)14/h10,15H,2-9H2,1H3. The normalized spacial score (nSPS) is 16.8. The van der Waals surface area contributed by atoms with Gasteiger partial charge in [-0.3, -0.25) is 4.90 Å². The Morgan fingerprint density at radius 2 is 2.00 bits per heavy atom. The Bertz CT molecular complexity index is 207. The third kappa shape index (κ3) is 7.57. The Balaban J connectivity index is 2.08. The predicted molar refractivity (Wildman–Crippen MR) is 60.0 cm³/mol. The van der Waals surface area contributed by atoms with Crippen molar-refractivity contribution in [3.8, 4) is 0 Å². The van der Waals surface area contributed by atoms with E-state index in [-0.39, 0.29) is 6.04 Å². The van der Waals surface area contributed by atoms with Gasteiger partial charge in [0, 0.05) is 19.7 Å². The van der Waals surface area contributed by atoms with Crippen molar-refractivity contribution in [1.82, 2.24) is 10.2 Å². The molecule has 0 atom stereocenters. The maximum absolute atomic E-state index is 12.3. The van der Waals surface area contributed by atoms with Crippen LogP contribution in [0.4, 0.5) is 13.2 Å². The number of nitrogens with zero attached hydrogens (tertiary/aromatic N) is 1. The topological polar surface area (TPSA) is 24.5 Å². The van der Waals surface area contributed by atoms with E-state index >= 15 is 0 Å². The van der Waals surface area contributed by atoms with E-state index in [0.717, 1.165) is 32.4 Å². The van der Waals surface area contributed by atoms with Gasteiger partial charge in [-0.2, -0.15) is 13.2 Å². The first-order valence-corrected chi connectivity index (χ1v) is 6.03. The first-order valence-electron chi connectivity index (χ1n) is 6.03. The Labute approximate surface area is 100 Å². The van der Waals surface area contributed by atoms with E-state index in [4.69, 9.17) is 4.74 Å². The van der Waals surface area contributed by atoms with Crippen molar-refractivity contribution in [2.45, 2.75) is 31.5 Å². The molecule has 0 saturated heterocycles. The van der Waals surface area contributed by atoms with Crippen LogP contribution in [0.5, 0.6) is 0 Å². The quantitative estimate of drug-likeness (QED) is 0.633. The third-order valence-electron chi connectivity index (χ3n) is 2.73. The largest absolute Gasteiger partial charge is 0.401 e. The molecule has 1 aliphatic carbocycles. The molecule has 1 N–H and O–H groups in total. The van der Waals surface area contributed by atoms with E-state index in [1.165, 1.54) is 0 Å². The first kappa shape index (κ1) is 14.7. The van der Waals surface area contributed by atoms with Crippen LogP contribution in [0.2, 0.25) is 0 Å². The number of ether oxygens (including phenoxy) is 1. The maximum atomic E-state index is 12.3. The van der Waals surface area contributed by atoms with Gasteiger partial charge in [-0.05, 0) is 32.4 Å². The Morgan fingerprint density at radius 1 is 1.29 bits per heavy atom. The zero-order valence-corrected chi connectivity index (χ0v) is 10.2. The third-order valence-corrected chi connectivity index (χ3v) is 2.73. The lowest BCUT2D eigenvalue weighted by Gasteiger charge is -2.23. The van der Waals surface area contributed by atoms with Gasteiger partial charge in [-0.25, -0.2) is 0 Å². The van der Waals surface area contributed by atoms with Gasteiger partial charge in [-0.1, -0.05) is 0 Å². The molecule has 0 unspecified atom stereocenters. The van der Waals surface area contributed by atoms with Crippen LogP contribution in [-0.2, 0) is 4.74 Å². The molecule has 0 aliphatic heterocycles. The van der Waals surface area contributed by atoms with Crippen molar-refractivity contribution in [2.75, 3.05) is 39.9 Å². The van der Waals surface area contributed by atoms with Gasteiger partial charge in [-0.15, -0.1) is 0 Å². The second kappa shape index (κ2) is 7.18. The van der Waals surface area contributed by atoms with Gasteiger partial charge < -0.3 is 10.1 Å². The van der Waals surface area contributed by atoms with E-state index in [1.54, 1.807) is 12.0 Å². The fraction of sp³-hybridized carbons (Fsp3) is 1.00. The summed E-state index contributed by atoms with van der Waals surface area (Å²) in [6.07, 6.45) is -1.51. The molecule has 0 spiro atoms. The Hall–Kier alpha value is -0.330. The molecule has 3 nitrogen and oxygen atoms in total. The monoisotopic (exact) mass is 254 g/mol. The summed E-state index contributed by atoms with van der Waals surface area (Å²) in [4.78, 5) is 1.55. The molecule has 1 fully saturated rings. The van der Waals surface area contributed by atoms with E-state index in [1.807, 2.05) is 0 Å². The summed E-state index contributed by atoms with van der Waals surface area (Å²) in [5, 5.41) is 3.13. The lowest BCUT2D eigenvalue weighted by molar-refractivity contribution is -0.147. The fourth-order valence-corrected chi connectivity index (χ4v) is 1.77. The number of hydrogen-bond donors (Lipinski definition) is 1. The van der Waals surface area contributed by atoms with E-state index < -0.39 is 12.7 Å². The van der Waals surface area contributed by atoms with Crippen LogP contribution in [0.15, 0.2) is 0 Å². The van der Waals surface area contributed by atoms with Crippen molar-refractivity contribution >= 4 is 0 Å². The molecule has 0 aromatic rings.